The number of aryl methyl sites for hydroxylation is 1. The second kappa shape index (κ2) is 5.44. The van der Waals surface area contributed by atoms with E-state index >= 15 is 0 Å². The van der Waals surface area contributed by atoms with Gasteiger partial charge in [0.1, 0.15) is 5.82 Å². The summed E-state index contributed by atoms with van der Waals surface area (Å²) in [5.74, 6) is 0.931. The maximum atomic E-state index is 5.88. The molecule has 0 atom stereocenters. The van der Waals surface area contributed by atoms with Gasteiger partial charge >= 0.3 is 0 Å². The number of fused-ring (bicyclic) bond motifs is 1. The average Bonchev–Trinajstić information content (AvgIpc) is 2.52. The van der Waals surface area contributed by atoms with E-state index in [1.54, 1.807) is 0 Å². The molecule has 0 spiro atoms. The Morgan fingerprint density at radius 3 is 2.52 bits per heavy atom. The maximum absolute atomic E-state index is 5.88. The van der Waals surface area contributed by atoms with Crippen LogP contribution in [0.1, 0.15) is 12.6 Å². The van der Waals surface area contributed by atoms with Crippen LogP contribution in [0.25, 0.3) is 10.8 Å². The van der Waals surface area contributed by atoms with Gasteiger partial charge in [-0.2, -0.15) is 0 Å². The van der Waals surface area contributed by atoms with Gasteiger partial charge in [0.15, 0.2) is 0 Å². The van der Waals surface area contributed by atoms with Crippen molar-refractivity contribution in [1.82, 2.24) is 4.98 Å². The number of hydrogen-bond acceptors (Lipinski definition) is 3. The molecule has 1 aromatic heterocycles. The lowest BCUT2D eigenvalue weighted by Gasteiger charge is -2.24. The number of rotatable bonds is 3. The third-order valence-corrected chi connectivity index (χ3v) is 3.76. The first-order chi connectivity index (χ1) is 10.2. The molecule has 0 bridgehead atoms. The molecule has 106 valence electrons. The van der Waals surface area contributed by atoms with E-state index in [2.05, 4.69) is 59.3 Å². The van der Waals surface area contributed by atoms with Gasteiger partial charge in [-0.3, -0.25) is 0 Å². The van der Waals surface area contributed by atoms with E-state index in [9.17, 15) is 0 Å². The zero-order valence-corrected chi connectivity index (χ0v) is 12.4. The summed E-state index contributed by atoms with van der Waals surface area (Å²) in [6, 6.07) is 18.7. The van der Waals surface area contributed by atoms with E-state index in [0.717, 1.165) is 23.7 Å². The van der Waals surface area contributed by atoms with Crippen LogP contribution in [-0.4, -0.2) is 11.5 Å². The zero-order valence-electron chi connectivity index (χ0n) is 12.4. The first-order valence-corrected chi connectivity index (χ1v) is 7.19. The number of pyridine rings is 1. The molecule has 2 N–H and O–H groups in total. The Hall–Kier alpha value is -2.55. The van der Waals surface area contributed by atoms with Gasteiger partial charge in [-0.05, 0) is 37.4 Å². The summed E-state index contributed by atoms with van der Waals surface area (Å²) in [5.41, 5.74) is 8.65. The van der Waals surface area contributed by atoms with Crippen LogP contribution >= 0.6 is 0 Å². The molecule has 3 nitrogen and oxygen atoms in total. The number of nitrogen functional groups attached to an aromatic ring is 1. The molecule has 1 heterocycles. The van der Waals surface area contributed by atoms with Crippen LogP contribution < -0.4 is 10.6 Å². The lowest BCUT2D eigenvalue weighted by atomic mass is 10.1. The maximum Gasteiger partial charge on any atom is 0.133 e. The Morgan fingerprint density at radius 2 is 1.76 bits per heavy atom. The highest BCUT2D eigenvalue weighted by atomic mass is 15.2. The third kappa shape index (κ3) is 2.42. The van der Waals surface area contributed by atoms with Gasteiger partial charge in [0.05, 0.1) is 17.1 Å². The fraction of sp³-hybridized carbons (Fsp3) is 0.167. The number of nitrogens with zero attached hydrogens (tertiary/aromatic N) is 2. The molecule has 0 unspecified atom stereocenters. The molecule has 0 saturated carbocycles. The molecule has 2 aromatic carbocycles. The van der Waals surface area contributed by atoms with Gasteiger partial charge in [0, 0.05) is 11.9 Å². The molecule has 3 heteroatoms. The second-order valence-corrected chi connectivity index (χ2v) is 5.09. The minimum atomic E-state index is 0.729. The van der Waals surface area contributed by atoms with Crippen LogP contribution in [0.4, 0.5) is 17.2 Å². The van der Waals surface area contributed by atoms with Crippen LogP contribution in [-0.2, 0) is 0 Å². The van der Waals surface area contributed by atoms with Gasteiger partial charge in [-0.1, -0.05) is 36.4 Å². The SMILES string of the molecule is CCN(c1ccc(N)c(C)n1)c1cccc2ccccc12. The minimum absolute atomic E-state index is 0.729. The number of aromatic nitrogens is 1. The highest BCUT2D eigenvalue weighted by Gasteiger charge is 2.12. The summed E-state index contributed by atoms with van der Waals surface area (Å²) in [7, 11) is 0. The quantitative estimate of drug-likeness (QED) is 0.776. The van der Waals surface area contributed by atoms with Gasteiger partial charge in [-0.15, -0.1) is 0 Å². The summed E-state index contributed by atoms with van der Waals surface area (Å²) in [5, 5.41) is 2.47. The molecular formula is C18H19N3. The summed E-state index contributed by atoms with van der Waals surface area (Å²) in [4.78, 5) is 6.85. The van der Waals surface area contributed by atoms with E-state index in [0.29, 0.717) is 0 Å². The summed E-state index contributed by atoms with van der Waals surface area (Å²) in [6.07, 6.45) is 0. The van der Waals surface area contributed by atoms with Crippen molar-refractivity contribution in [1.29, 1.82) is 0 Å². The smallest absolute Gasteiger partial charge is 0.133 e. The van der Waals surface area contributed by atoms with Gasteiger partial charge in [0.2, 0.25) is 0 Å². The minimum Gasteiger partial charge on any atom is -0.397 e. The Labute approximate surface area is 125 Å². The zero-order chi connectivity index (χ0) is 14.8. The number of anilines is 3. The van der Waals surface area contributed by atoms with Gasteiger partial charge in [0.25, 0.3) is 0 Å². The largest absolute Gasteiger partial charge is 0.397 e. The number of hydrogen-bond donors (Lipinski definition) is 1. The molecule has 21 heavy (non-hydrogen) atoms. The Balaban J connectivity index is 2.16. The molecule has 0 radical (unpaired) electrons. The summed E-state index contributed by atoms with van der Waals surface area (Å²) < 4.78 is 0. The summed E-state index contributed by atoms with van der Waals surface area (Å²) >= 11 is 0. The molecule has 0 amide bonds. The molecule has 0 saturated heterocycles. The van der Waals surface area contributed by atoms with Crippen molar-refractivity contribution >= 4 is 28.0 Å². The van der Waals surface area contributed by atoms with Crippen molar-refractivity contribution in [2.45, 2.75) is 13.8 Å². The van der Waals surface area contributed by atoms with Crippen molar-refractivity contribution in [3.05, 3.63) is 60.3 Å². The Bertz CT molecular complexity index is 775. The third-order valence-electron chi connectivity index (χ3n) is 3.76. The first-order valence-electron chi connectivity index (χ1n) is 7.19. The van der Waals surface area contributed by atoms with Crippen molar-refractivity contribution in [3.8, 4) is 0 Å². The molecule has 0 fully saturated rings. The van der Waals surface area contributed by atoms with Crippen molar-refractivity contribution in [2.75, 3.05) is 17.2 Å². The average molecular weight is 277 g/mol. The second-order valence-electron chi connectivity index (χ2n) is 5.09. The van der Waals surface area contributed by atoms with Crippen LogP contribution in [0.2, 0.25) is 0 Å². The van der Waals surface area contributed by atoms with Crippen LogP contribution in [0, 0.1) is 6.92 Å². The van der Waals surface area contributed by atoms with Crippen LogP contribution in [0.15, 0.2) is 54.6 Å². The Morgan fingerprint density at radius 1 is 1.00 bits per heavy atom. The van der Waals surface area contributed by atoms with Crippen LogP contribution in [0.5, 0.6) is 0 Å². The van der Waals surface area contributed by atoms with E-state index in [1.807, 2.05) is 19.1 Å². The Kier molecular flexibility index (Phi) is 3.48. The predicted molar refractivity (Wildman–Crippen MR) is 90.0 cm³/mol. The van der Waals surface area contributed by atoms with E-state index in [1.165, 1.54) is 16.5 Å². The monoisotopic (exact) mass is 277 g/mol. The van der Waals surface area contributed by atoms with E-state index in [4.69, 9.17) is 5.73 Å². The number of benzene rings is 2. The normalized spacial score (nSPS) is 10.8. The summed E-state index contributed by atoms with van der Waals surface area (Å²) in [6.45, 7) is 4.93. The van der Waals surface area contributed by atoms with Crippen molar-refractivity contribution in [2.24, 2.45) is 0 Å². The topological polar surface area (TPSA) is 42.1 Å². The lowest BCUT2D eigenvalue weighted by Crippen LogP contribution is -2.18. The fourth-order valence-corrected chi connectivity index (χ4v) is 2.61. The van der Waals surface area contributed by atoms with Gasteiger partial charge < -0.3 is 10.6 Å². The van der Waals surface area contributed by atoms with E-state index in [-0.39, 0.29) is 0 Å². The standard InChI is InChI=1S/C18H19N3/c1-3-21(18-12-11-16(19)13(2)20-18)17-10-6-8-14-7-4-5-9-15(14)17/h4-12H,3,19H2,1-2H3. The fourth-order valence-electron chi connectivity index (χ4n) is 2.61. The molecule has 3 aromatic rings. The molecule has 0 aliphatic rings. The molecular weight excluding hydrogens is 258 g/mol. The van der Waals surface area contributed by atoms with Gasteiger partial charge in [-0.25, -0.2) is 4.98 Å². The highest BCUT2D eigenvalue weighted by Crippen LogP contribution is 2.31. The highest BCUT2D eigenvalue weighted by molar-refractivity contribution is 5.95. The molecule has 0 aliphatic carbocycles. The van der Waals surface area contributed by atoms with E-state index < -0.39 is 0 Å². The molecule has 0 aliphatic heterocycles. The molecule has 3 rings (SSSR count). The lowest BCUT2D eigenvalue weighted by molar-refractivity contribution is 0.985. The van der Waals surface area contributed by atoms with Crippen molar-refractivity contribution < 1.29 is 0 Å². The number of nitrogens with two attached hydrogens (primary N) is 1. The first kappa shape index (κ1) is 13.4. The van der Waals surface area contributed by atoms with Crippen molar-refractivity contribution in [3.63, 3.8) is 0 Å². The van der Waals surface area contributed by atoms with Crippen LogP contribution in [0.3, 0.4) is 0 Å². The predicted octanol–water partition coefficient (Wildman–Crippen LogP) is 4.28.